The Bertz CT molecular complexity index is 812. The van der Waals surface area contributed by atoms with Crippen molar-refractivity contribution in [3.05, 3.63) is 35.9 Å². The van der Waals surface area contributed by atoms with Gasteiger partial charge >= 0.3 is 0 Å². The minimum Gasteiger partial charge on any atom is -0.391 e. The lowest BCUT2D eigenvalue weighted by atomic mass is 9.73. The molecule has 11 atom stereocenters. The number of likely N-dealkylation sites (N-methyl/N-ethyl adjacent to an activating group) is 1. The van der Waals surface area contributed by atoms with Gasteiger partial charge < -0.3 is 40.0 Å². The second-order valence-corrected chi connectivity index (χ2v) is 10.5. The zero-order valence-electron chi connectivity index (χ0n) is 20.6. The first kappa shape index (κ1) is 26.0. The molecule has 0 amide bonds. The van der Waals surface area contributed by atoms with Crippen molar-refractivity contribution in [1.82, 2.24) is 5.32 Å². The van der Waals surface area contributed by atoms with Crippen molar-refractivity contribution in [2.24, 2.45) is 5.92 Å². The van der Waals surface area contributed by atoms with Crippen molar-refractivity contribution in [1.29, 1.82) is 0 Å². The third-order valence-corrected chi connectivity index (χ3v) is 8.22. The van der Waals surface area contributed by atoms with E-state index in [1.165, 1.54) is 5.56 Å². The minimum absolute atomic E-state index is 0.188. The maximum atomic E-state index is 11.8. The maximum Gasteiger partial charge on any atom is 0.248 e. The first-order valence-electron chi connectivity index (χ1n) is 12.7. The Morgan fingerprint density at radius 2 is 1.79 bits per heavy atom. The molecule has 2 aliphatic heterocycles. The van der Waals surface area contributed by atoms with E-state index in [-0.39, 0.29) is 12.5 Å². The van der Waals surface area contributed by atoms with Gasteiger partial charge in [-0.1, -0.05) is 44.2 Å². The van der Waals surface area contributed by atoms with Crippen LogP contribution in [0.15, 0.2) is 30.3 Å². The van der Waals surface area contributed by atoms with Gasteiger partial charge in [-0.25, -0.2) is 0 Å². The zero-order chi connectivity index (χ0) is 24.7. The summed E-state index contributed by atoms with van der Waals surface area (Å²) in [6.45, 7) is 5.89. The molecule has 8 heteroatoms. The van der Waals surface area contributed by atoms with Crippen LogP contribution in [0.2, 0.25) is 0 Å². The number of ether oxygens (including phenoxy) is 3. The van der Waals surface area contributed by atoms with Crippen LogP contribution in [0, 0.1) is 5.92 Å². The molecule has 5 N–H and O–H groups in total. The van der Waals surface area contributed by atoms with E-state index in [9.17, 15) is 20.4 Å². The average Bonchev–Trinajstić information content (AvgIpc) is 2.80. The second-order valence-electron chi connectivity index (χ2n) is 10.5. The first-order valence-corrected chi connectivity index (χ1v) is 12.7. The van der Waals surface area contributed by atoms with E-state index in [0.29, 0.717) is 25.2 Å². The van der Waals surface area contributed by atoms with Gasteiger partial charge in [0.15, 0.2) is 0 Å². The minimum atomic E-state index is -2.12. The molecule has 0 radical (unpaired) electrons. The number of hydrogen-bond acceptors (Lipinski definition) is 8. The van der Waals surface area contributed by atoms with Gasteiger partial charge in [0.2, 0.25) is 12.1 Å². The summed E-state index contributed by atoms with van der Waals surface area (Å²) in [5.41, 5.74) is -0.369. The van der Waals surface area contributed by atoms with Crippen LogP contribution in [-0.2, 0) is 14.2 Å². The number of fused-ring (bicyclic) bond motifs is 2. The SMILES string of the molecule is CC[C@@H]1[C@H](O)[C@H](NC)C2O[C@]3(O)C(OC2[C@H]1O)O[C@H](C)C[C@@]3(O)CCCC(C)c1ccccc1. The van der Waals surface area contributed by atoms with Crippen molar-refractivity contribution in [2.45, 2.75) is 113 Å². The molecule has 3 fully saturated rings. The molecular formula is C26H41NO7. The van der Waals surface area contributed by atoms with Gasteiger partial charge in [0.05, 0.1) is 24.4 Å². The van der Waals surface area contributed by atoms with Crippen molar-refractivity contribution in [2.75, 3.05) is 7.05 Å². The molecule has 1 aliphatic carbocycles. The monoisotopic (exact) mass is 479 g/mol. The fourth-order valence-electron chi connectivity index (χ4n) is 6.18. The van der Waals surface area contributed by atoms with Crippen molar-refractivity contribution < 1.29 is 34.6 Å². The van der Waals surface area contributed by atoms with Crippen LogP contribution < -0.4 is 5.32 Å². The van der Waals surface area contributed by atoms with E-state index in [4.69, 9.17) is 14.2 Å². The molecule has 192 valence electrons. The lowest BCUT2D eigenvalue weighted by molar-refractivity contribution is -0.485. The van der Waals surface area contributed by atoms with Crippen LogP contribution in [0.4, 0.5) is 0 Å². The quantitative estimate of drug-likeness (QED) is 0.400. The van der Waals surface area contributed by atoms with Crippen LogP contribution in [0.1, 0.15) is 64.4 Å². The number of rotatable bonds is 7. The van der Waals surface area contributed by atoms with E-state index >= 15 is 0 Å². The van der Waals surface area contributed by atoms with Gasteiger partial charge in [0, 0.05) is 12.3 Å². The highest BCUT2D eigenvalue weighted by atomic mass is 16.8. The van der Waals surface area contributed by atoms with E-state index in [2.05, 4.69) is 24.4 Å². The zero-order valence-corrected chi connectivity index (χ0v) is 20.6. The molecule has 8 nitrogen and oxygen atoms in total. The molecule has 4 rings (SSSR count). The maximum absolute atomic E-state index is 11.8. The highest BCUT2D eigenvalue weighted by Crippen LogP contribution is 2.49. The molecule has 0 spiro atoms. The summed E-state index contributed by atoms with van der Waals surface area (Å²) in [5.74, 6) is -2.22. The van der Waals surface area contributed by atoms with Gasteiger partial charge in [-0.2, -0.15) is 0 Å². The predicted molar refractivity (Wildman–Crippen MR) is 126 cm³/mol. The molecule has 34 heavy (non-hydrogen) atoms. The van der Waals surface area contributed by atoms with E-state index in [1.807, 2.05) is 32.0 Å². The first-order chi connectivity index (χ1) is 16.1. The number of nitrogens with one attached hydrogen (secondary N) is 1. The molecule has 1 saturated carbocycles. The number of aliphatic hydroxyl groups excluding tert-OH is 2. The van der Waals surface area contributed by atoms with Crippen LogP contribution in [-0.4, -0.2) is 81.7 Å². The summed E-state index contributed by atoms with van der Waals surface area (Å²) in [6, 6.07) is 9.64. The van der Waals surface area contributed by atoms with Gasteiger partial charge in [0.1, 0.15) is 17.8 Å². The fraction of sp³-hybridized carbons (Fsp3) is 0.769. The summed E-state index contributed by atoms with van der Waals surface area (Å²) in [6.07, 6.45) is -2.58. The summed E-state index contributed by atoms with van der Waals surface area (Å²) < 4.78 is 18.2. The number of aliphatic hydroxyl groups is 4. The Labute approximate surface area is 202 Å². The average molecular weight is 480 g/mol. The van der Waals surface area contributed by atoms with E-state index in [1.54, 1.807) is 7.05 Å². The summed E-state index contributed by atoms with van der Waals surface area (Å²) in [5, 5.41) is 48.4. The van der Waals surface area contributed by atoms with Gasteiger partial charge in [-0.05, 0) is 51.1 Å². The predicted octanol–water partition coefficient (Wildman–Crippen LogP) is 1.65. The van der Waals surface area contributed by atoms with Crippen LogP contribution in [0.5, 0.6) is 0 Å². The van der Waals surface area contributed by atoms with Crippen molar-refractivity contribution in [3.8, 4) is 0 Å². The van der Waals surface area contributed by atoms with E-state index in [0.717, 1.165) is 6.42 Å². The Morgan fingerprint density at radius 1 is 1.09 bits per heavy atom. The number of benzene rings is 1. The molecule has 2 saturated heterocycles. The Hall–Kier alpha value is -1.10. The van der Waals surface area contributed by atoms with Gasteiger partial charge in [0.25, 0.3) is 0 Å². The normalized spacial score (nSPS) is 45.3. The lowest BCUT2D eigenvalue weighted by Crippen LogP contribution is -2.78. The highest BCUT2D eigenvalue weighted by Gasteiger charge is 2.68. The Balaban J connectivity index is 1.53. The van der Waals surface area contributed by atoms with Crippen LogP contribution >= 0.6 is 0 Å². The molecule has 1 aromatic carbocycles. The third-order valence-electron chi connectivity index (χ3n) is 8.22. The largest absolute Gasteiger partial charge is 0.391 e. The van der Waals surface area contributed by atoms with Gasteiger partial charge in [-0.15, -0.1) is 0 Å². The summed E-state index contributed by atoms with van der Waals surface area (Å²) in [4.78, 5) is 0. The lowest BCUT2D eigenvalue weighted by Gasteiger charge is -2.60. The van der Waals surface area contributed by atoms with Crippen molar-refractivity contribution >= 4 is 0 Å². The molecule has 0 aromatic heterocycles. The molecule has 0 bridgehead atoms. The molecular weight excluding hydrogens is 438 g/mol. The molecule has 3 aliphatic rings. The van der Waals surface area contributed by atoms with Crippen LogP contribution in [0.25, 0.3) is 0 Å². The highest BCUT2D eigenvalue weighted by molar-refractivity contribution is 5.18. The Kier molecular flexibility index (Phi) is 7.72. The van der Waals surface area contributed by atoms with Crippen LogP contribution in [0.3, 0.4) is 0 Å². The third kappa shape index (κ3) is 4.44. The molecule has 4 unspecified atom stereocenters. The Morgan fingerprint density at radius 3 is 2.44 bits per heavy atom. The topological polar surface area (TPSA) is 121 Å². The molecule has 1 aromatic rings. The number of hydrogen-bond donors (Lipinski definition) is 5. The fourth-order valence-corrected chi connectivity index (χ4v) is 6.18. The van der Waals surface area contributed by atoms with Gasteiger partial charge in [-0.3, -0.25) is 0 Å². The van der Waals surface area contributed by atoms with Crippen molar-refractivity contribution in [3.63, 3.8) is 0 Å². The standard InChI is InChI=1S/C26H41NO7/c1-5-18-20(28)19(27-4)22-23(21(18)29)33-24-26(31,34-22)25(30,14-16(3)32-24)13-9-10-15(2)17-11-7-6-8-12-17/h6-8,11-12,15-16,18-24,27-31H,5,9-10,13-14H2,1-4H3/t15?,16-,18-,19+,20+,21+,22?,23?,24?,25+,26-/m1/s1. The second kappa shape index (κ2) is 10.1. The smallest absolute Gasteiger partial charge is 0.248 e. The summed E-state index contributed by atoms with van der Waals surface area (Å²) >= 11 is 0. The summed E-state index contributed by atoms with van der Waals surface area (Å²) in [7, 11) is 1.70. The van der Waals surface area contributed by atoms with E-state index < -0.39 is 54.1 Å². The molecule has 2 heterocycles.